The lowest BCUT2D eigenvalue weighted by molar-refractivity contribution is 0.689. The number of nitrogens with zero attached hydrogens (tertiary/aromatic N) is 5. The van der Waals surface area contributed by atoms with Crippen LogP contribution in [0.2, 0.25) is 0 Å². The van der Waals surface area contributed by atoms with Crippen molar-refractivity contribution in [2.45, 2.75) is 13.5 Å². The quantitative estimate of drug-likeness (QED) is 0.605. The summed E-state index contributed by atoms with van der Waals surface area (Å²) in [6, 6.07) is 12.1. The average Bonchev–Trinajstić information content (AvgIpc) is 3.16. The standard InChI is InChI=1S/C16H15N7/c1-11-14-15(21-20-11)16(18-10-17-14)19-13-7-8-23(22-13)9-12-5-3-2-4-6-12/h2-8,10H,9H2,1H3,(H,20,21)(H,17,18,19,22). The maximum Gasteiger partial charge on any atom is 0.163 e. The molecule has 0 radical (unpaired) electrons. The molecular formula is C16H15N7. The maximum absolute atomic E-state index is 4.52. The first kappa shape index (κ1) is 13.4. The number of aryl methyl sites for hydroxylation is 1. The van der Waals surface area contributed by atoms with E-state index in [9.17, 15) is 0 Å². The molecule has 4 aromatic rings. The lowest BCUT2D eigenvalue weighted by atomic mass is 10.2. The van der Waals surface area contributed by atoms with Gasteiger partial charge in [-0.1, -0.05) is 30.3 Å². The fraction of sp³-hybridized carbons (Fsp3) is 0.125. The molecule has 7 heteroatoms. The molecule has 3 heterocycles. The van der Waals surface area contributed by atoms with Gasteiger partial charge < -0.3 is 5.32 Å². The molecule has 1 aromatic carbocycles. The molecule has 4 rings (SSSR count). The molecule has 0 atom stereocenters. The molecule has 0 aliphatic heterocycles. The van der Waals surface area contributed by atoms with E-state index in [1.54, 1.807) is 0 Å². The van der Waals surface area contributed by atoms with Gasteiger partial charge in [0, 0.05) is 12.3 Å². The van der Waals surface area contributed by atoms with Crippen molar-refractivity contribution in [3.8, 4) is 0 Å². The van der Waals surface area contributed by atoms with Crippen LogP contribution in [0.15, 0.2) is 48.9 Å². The monoisotopic (exact) mass is 305 g/mol. The molecule has 2 N–H and O–H groups in total. The van der Waals surface area contributed by atoms with Gasteiger partial charge in [-0.15, -0.1) is 0 Å². The Morgan fingerprint density at radius 1 is 1.09 bits per heavy atom. The van der Waals surface area contributed by atoms with Crippen LogP contribution in [0.3, 0.4) is 0 Å². The summed E-state index contributed by atoms with van der Waals surface area (Å²) in [5, 5.41) is 14.9. The van der Waals surface area contributed by atoms with Crippen LogP contribution in [0.4, 0.5) is 11.6 Å². The zero-order chi connectivity index (χ0) is 15.6. The highest BCUT2D eigenvalue weighted by Crippen LogP contribution is 2.21. The summed E-state index contributed by atoms with van der Waals surface area (Å²) < 4.78 is 1.88. The largest absolute Gasteiger partial charge is 0.321 e. The first-order valence-corrected chi connectivity index (χ1v) is 7.30. The topological polar surface area (TPSA) is 84.3 Å². The Bertz CT molecular complexity index is 939. The molecule has 0 bridgehead atoms. The number of benzene rings is 1. The highest BCUT2D eigenvalue weighted by atomic mass is 15.3. The van der Waals surface area contributed by atoms with E-state index in [2.05, 4.69) is 42.7 Å². The zero-order valence-electron chi connectivity index (χ0n) is 12.6. The van der Waals surface area contributed by atoms with Crippen molar-refractivity contribution in [3.05, 3.63) is 60.2 Å². The Morgan fingerprint density at radius 2 is 1.96 bits per heavy atom. The first-order valence-electron chi connectivity index (χ1n) is 7.30. The number of rotatable bonds is 4. The van der Waals surface area contributed by atoms with Crippen molar-refractivity contribution < 1.29 is 0 Å². The van der Waals surface area contributed by atoms with Crippen molar-refractivity contribution in [2.24, 2.45) is 0 Å². The van der Waals surface area contributed by atoms with Crippen molar-refractivity contribution in [1.82, 2.24) is 29.9 Å². The molecule has 0 aliphatic carbocycles. The summed E-state index contributed by atoms with van der Waals surface area (Å²) in [4.78, 5) is 8.49. The molecule has 3 aromatic heterocycles. The average molecular weight is 305 g/mol. The molecule has 7 nitrogen and oxygen atoms in total. The van der Waals surface area contributed by atoms with Gasteiger partial charge in [0.1, 0.15) is 11.8 Å². The molecule has 0 saturated carbocycles. The summed E-state index contributed by atoms with van der Waals surface area (Å²) in [5.74, 6) is 1.37. The van der Waals surface area contributed by atoms with Crippen LogP contribution < -0.4 is 5.32 Å². The lowest BCUT2D eigenvalue weighted by Crippen LogP contribution is -2.02. The smallest absolute Gasteiger partial charge is 0.163 e. The van der Waals surface area contributed by atoms with Crippen molar-refractivity contribution >= 4 is 22.7 Å². The number of anilines is 2. The van der Waals surface area contributed by atoms with Gasteiger partial charge in [-0.3, -0.25) is 9.78 Å². The Balaban J connectivity index is 1.57. The van der Waals surface area contributed by atoms with Crippen molar-refractivity contribution in [1.29, 1.82) is 0 Å². The fourth-order valence-electron chi connectivity index (χ4n) is 2.45. The number of hydrogen-bond donors (Lipinski definition) is 2. The van der Waals surface area contributed by atoms with Crippen molar-refractivity contribution in [2.75, 3.05) is 5.32 Å². The molecule has 114 valence electrons. The van der Waals surface area contributed by atoms with Crippen LogP contribution in [0.5, 0.6) is 0 Å². The number of hydrogen-bond acceptors (Lipinski definition) is 5. The number of aromatic amines is 1. The zero-order valence-corrected chi connectivity index (χ0v) is 12.6. The summed E-state index contributed by atoms with van der Waals surface area (Å²) in [7, 11) is 0. The van der Waals surface area contributed by atoms with Gasteiger partial charge in [0.05, 0.1) is 12.2 Å². The van der Waals surface area contributed by atoms with Gasteiger partial charge in [0.2, 0.25) is 0 Å². The van der Waals surface area contributed by atoms with Crippen LogP contribution in [-0.2, 0) is 6.54 Å². The minimum atomic E-state index is 0.643. The van der Waals surface area contributed by atoms with Gasteiger partial charge in [0.25, 0.3) is 0 Å². The highest BCUT2D eigenvalue weighted by Gasteiger charge is 2.10. The van der Waals surface area contributed by atoms with E-state index in [0.717, 1.165) is 23.6 Å². The third-order valence-corrected chi connectivity index (χ3v) is 3.59. The Hall–Kier alpha value is -3.22. The number of aromatic nitrogens is 6. The van der Waals surface area contributed by atoms with E-state index in [4.69, 9.17) is 0 Å². The SMILES string of the molecule is Cc1[nH]nc2c(Nc3ccn(Cc4ccccc4)n3)ncnc12. The van der Waals surface area contributed by atoms with Crippen LogP contribution in [0.1, 0.15) is 11.3 Å². The van der Waals surface area contributed by atoms with Crippen LogP contribution in [0.25, 0.3) is 11.0 Å². The molecule has 0 spiro atoms. The number of fused-ring (bicyclic) bond motifs is 1. The highest BCUT2D eigenvalue weighted by molar-refractivity contribution is 5.87. The normalized spacial score (nSPS) is 11.0. The second-order valence-corrected chi connectivity index (χ2v) is 5.28. The minimum absolute atomic E-state index is 0.643. The summed E-state index contributed by atoms with van der Waals surface area (Å²) in [5.41, 5.74) is 3.64. The van der Waals surface area contributed by atoms with E-state index in [-0.39, 0.29) is 0 Å². The number of nitrogens with one attached hydrogen (secondary N) is 2. The second-order valence-electron chi connectivity index (χ2n) is 5.28. The third-order valence-electron chi connectivity index (χ3n) is 3.59. The Kier molecular flexibility index (Phi) is 3.23. The maximum atomic E-state index is 4.52. The van der Waals surface area contributed by atoms with Gasteiger partial charge in [-0.25, -0.2) is 9.97 Å². The molecule has 23 heavy (non-hydrogen) atoms. The Labute approximate surface area is 132 Å². The van der Waals surface area contributed by atoms with Crippen LogP contribution in [-0.4, -0.2) is 29.9 Å². The predicted molar refractivity (Wildman–Crippen MR) is 87.5 cm³/mol. The van der Waals surface area contributed by atoms with E-state index in [0.29, 0.717) is 11.3 Å². The van der Waals surface area contributed by atoms with E-state index in [1.807, 2.05) is 42.1 Å². The summed E-state index contributed by atoms with van der Waals surface area (Å²) in [6.07, 6.45) is 3.46. The van der Waals surface area contributed by atoms with E-state index >= 15 is 0 Å². The molecule has 0 fully saturated rings. The molecular weight excluding hydrogens is 290 g/mol. The summed E-state index contributed by atoms with van der Waals surface area (Å²) >= 11 is 0. The minimum Gasteiger partial charge on any atom is -0.321 e. The van der Waals surface area contributed by atoms with Gasteiger partial charge in [0.15, 0.2) is 17.2 Å². The van der Waals surface area contributed by atoms with E-state index < -0.39 is 0 Å². The van der Waals surface area contributed by atoms with Gasteiger partial charge in [-0.2, -0.15) is 10.2 Å². The van der Waals surface area contributed by atoms with Crippen molar-refractivity contribution in [3.63, 3.8) is 0 Å². The lowest BCUT2D eigenvalue weighted by Gasteiger charge is -2.03. The molecule has 0 amide bonds. The van der Waals surface area contributed by atoms with Crippen LogP contribution in [0, 0.1) is 6.92 Å². The second kappa shape index (κ2) is 5.53. The fourth-order valence-corrected chi connectivity index (χ4v) is 2.45. The molecule has 0 unspecified atom stereocenters. The van der Waals surface area contributed by atoms with E-state index in [1.165, 1.54) is 11.9 Å². The molecule has 0 aliphatic rings. The number of H-pyrrole nitrogens is 1. The van der Waals surface area contributed by atoms with Gasteiger partial charge >= 0.3 is 0 Å². The molecule has 0 saturated heterocycles. The van der Waals surface area contributed by atoms with Crippen LogP contribution >= 0.6 is 0 Å². The Morgan fingerprint density at radius 3 is 2.83 bits per heavy atom. The predicted octanol–water partition coefficient (Wildman–Crippen LogP) is 2.65. The third kappa shape index (κ3) is 2.64. The van der Waals surface area contributed by atoms with Gasteiger partial charge in [-0.05, 0) is 12.5 Å². The first-order chi connectivity index (χ1) is 11.3. The summed E-state index contributed by atoms with van der Waals surface area (Å²) in [6.45, 7) is 2.66.